The van der Waals surface area contributed by atoms with Gasteiger partial charge in [-0.05, 0) is 23.1 Å². The number of rotatable bonds is 7. The summed E-state index contributed by atoms with van der Waals surface area (Å²) in [7, 11) is 0. The fraction of sp³-hybridized carbons (Fsp3) is 0.238. The van der Waals surface area contributed by atoms with Crippen LogP contribution < -0.4 is 0 Å². The molecule has 0 aliphatic carbocycles. The average Bonchev–Trinajstić information content (AvgIpc) is 2.60. The first-order valence-corrected chi connectivity index (χ1v) is 8.06. The van der Waals surface area contributed by atoms with Gasteiger partial charge in [0, 0.05) is 6.42 Å². The van der Waals surface area contributed by atoms with Crippen LogP contribution in [0.5, 0.6) is 0 Å². The summed E-state index contributed by atoms with van der Waals surface area (Å²) in [6, 6.07) is 20.4. The molecule has 2 atom stereocenters. The number of hydrogen-bond acceptors (Lipinski definition) is 2. The van der Waals surface area contributed by atoms with Gasteiger partial charge in [-0.1, -0.05) is 85.8 Å². The van der Waals surface area contributed by atoms with E-state index in [1.807, 2.05) is 55.5 Å². The van der Waals surface area contributed by atoms with Crippen LogP contribution in [0.1, 0.15) is 30.9 Å². The molecule has 0 aromatic heterocycles. The molecular formula is C21H24O2. The molecule has 0 saturated heterocycles. The van der Waals surface area contributed by atoms with Crippen LogP contribution in [0.15, 0.2) is 78.9 Å². The third-order valence-corrected chi connectivity index (χ3v) is 3.75. The minimum Gasteiger partial charge on any atom is -0.393 e. The van der Waals surface area contributed by atoms with Crippen molar-refractivity contribution < 1.29 is 10.2 Å². The average molecular weight is 308 g/mol. The summed E-state index contributed by atoms with van der Waals surface area (Å²) in [6.45, 7) is 1.91. The van der Waals surface area contributed by atoms with Gasteiger partial charge in [-0.2, -0.15) is 0 Å². The van der Waals surface area contributed by atoms with E-state index in [4.69, 9.17) is 0 Å². The summed E-state index contributed by atoms with van der Waals surface area (Å²) in [5.74, 6) is 0. The molecule has 2 heteroatoms. The lowest BCUT2D eigenvalue weighted by atomic mass is 9.97. The maximum Gasteiger partial charge on any atom is 0.0748 e. The van der Waals surface area contributed by atoms with Gasteiger partial charge in [-0.15, -0.1) is 0 Å². The standard InChI is InChI=1S/C21H24O2/c1-2-19(22)16-20(23)14-9-15-21(17-10-5-3-6-11-17)18-12-7-4-8-13-18/h3-15,19-20,22-23H,2,16H2,1H3/b14-9+/t19-,20-/m1/s1. The van der Waals surface area contributed by atoms with Crippen LogP contribution in [0.4, 0.5) is 0 Å². The van der Waals surface area contributed by atoms with E-state index >= 15 is 0 Å². The Morgan fingerprint density at radius 3 is 1.91 bits per heavy atom. The zero-order valence-electron chi connectivity index (χ0n) is 13.5. The number of allylic oxidation sites excluding steroid dienone is 2. The topological polar surface area (TPSA) is 40.5 Å². The zero-order chi connectivity index (χ0) is 16.5. The minimum atomic E-state index is -0.631. The summed E-state index contributed by atoms with van der Waals surface area (Å²) < 4.78 is 0. The molecule has 2 N–H and O–H groups in total. The van der Waals surface area contributed by atoms with E-state index in [0.717, 1.165) is 16.7 Å². The monoisotopic (exact) mass is 308 g/mol. The quantitative estimate of drug-likeness (QED) is 0.753. The molecule has 120 valence electrons. The maximum atomic E-state index is 9.93. The summed E-state index contributed by atoms with van der Waals surface area (Å²) in [5.41, 5.74) is 3.36. The molecular weight excluding hydrogens is 284 g/mol. The fourth-order valence-corrected chi connectivity index (χ4v) is 2.40. The molecule has 2 aromatic rings. The molecule has 0 unspecified atom stereocenters. The Morgan fingerprint density at radius 2 is 1.43 bits per heavy atom. The first-order chi connectivity index (χ1) is 11.2. The first-order valence-electron chi connectivity index (χ1n) is 8.06. The maximum absolute atomic E-state index is 9.93. The summed E-state index contributed by atoms with van der Waals surface area (Å²) in [4.78, 5) is 0. The second kappa shape index (κ2) is 9.09. The Hall–Kier alpha value is -2.16. The molecule has 0 aliphatic heterocycles. The van der Waals surface area contributed by atoms with E-state index in [1.54, 1.807) is 6.08 Å². The molecule has 0 aliphatic rings. The lowest BCUT2D eigenvalue weighted by Crippen LogP contribution is -2.14. The van der Waals surface area contributed by atoms with Crippen molar-refractivity contribution in [3.63, 3.8) is 0 Å². The number of aliphatic hydroxyl groups is 2. The van der Waals surface area contributed by atoms with Gasteiger partial charge in [0.25, 0.3) is 0 Å². The Kier molecular flexibility index (Phi) is 6.79. The molecule has 0 saturated carbocycles. The summed E-state index contributed by atoms with van der Waals surface area (Å²) in [5, 5.41) is 19.5. The highest BCUT2D eigenvalue weighted by atomic mass is 16.3. The van der Waals surface area contributed by atoms with E-state index in [0.29, 0.717) is 12.8 Å². The van der Waals surface area contributed by atoms with Gasteiger partial charge in [0.15, 0.2) is 0 Å². The second-order valence-corrected chi connectivity index (χ2v) is 5.56. The fourth-order valence-electron chi connectivity index (χ4n) is 2.40. The molecule has 0 amide bonds. The molecule has 2 rings (SSSR count). The van der Waals surface area contributed by atoms with Crippen molar-refractivity contribution in [3.8, 4) is 0 Å². The van der Waals surface area contributed by atoms with E-state index in [9.17, 15) is 10.2 Å². The first kappa shape index (κ1) is 17.2. The highest BCUT2D eigenvalue weighted by molar-refractivity contribution is 5.80. The van der Waals surface area contributed by atoms with Crippen LogP contribution in [0, 0.1) is 0 Å². The molecule has 0 heterocycles. The number of benzene rings is 2. The lowest BCUT2D eigenvalue weighted by Gasteiger charge is -2.10. The van der Waals surface area contributed by atoms with Gasteiger partial charge in [0.1, 0.15) is 0 Å². The Balaban J connectivity index is 2.21. The van der Waals surface area contributed by atoms with Gasteiger partial charge >= 0.3 is 0 Å². The molecule has 0 fully saturated rings. The molecule has 0 bridgehead atoms. The van der Waals surface area contributed by atoms with Crippen molar-refractivity contribution >= 4 is 5.57 Å². The third-order valence-electron chi connectivity index (χ3n) is 3.75. The van der Waals surface area contributed by atoms with E-state index in [2.05, 4.69) is 24.3 Å². The number of hydrogen-bond donors (Lipinski definition) is 2. The highest BCUT2D eigenvalue weighted by Gasteiger charge is 2.07. The van der Waals surface area contributed by atoms with Crippen LogP contribution in [0.25, 0.3) is 5.57 Å². The Bertz CT molecular complexity index is 588. The zero-order valence-corrected chi connectivity index (χ0v) is 13.5. The van der Waals surface area contributed by atoms with Crippen molar-refractivity contribution in [2.75, 3.05) is 0 Å². The minimum absolute atomic E-state index is 0.368. The summed E-state index contributed by atoms with van der Waals surface area (Å²) in [6.07, 6.45) is 5.53. The van der Waals surface area contributed by atoms with Crippen molar-refractivity contribution in [1.29, 1.82) is 0 Å². The van der Waals surface area contributed by atoms with Crippen molar-refractivity contribution in [1.82, 2.24) is 0 Å². The van der Waals surface area contributed by atoms with E-state index in [-0.39, 0.29) is 0 Å². The third kappa shape index (κ3) is 5.51. The van der Waals surface area contributed by atoms with E-state index < -0.39 is 12.2 Å². The van der Waals surface area contributed by atoms with Crippen molar-refractivity contribution in [3.05, 3.63) is 90.0 Å². The van der Waals surface area contributed by atoms with Crippen LogP contribution in [0.2, 0.25) is 0 Å². The predicted octanol–water partition coefficient (Wildman–Crippen LogP) is 4.20. The molecule has 2 aromatic carbocycles. The highest BCUT2D eigenvalue weighted by Crippen LogP contribution is 2.23. The molecule has 23 heavy (non-hydrogen) atoms. The van der Waals surface area contributed by atoms with Gasteiger partial charge in [-0.25, -0.2) is 0 Å². The van der Waals surface area contributed by atoms with Gasteiger partial charge in [-0.3, -0.25) is 0 Å². The van der Waals surface area contributed by atoms with E-state index in [1.165, 1.54) is 0 Å². The summed E-state index contributed by atoms with van der Waals surface area (Å²) >= 11 is 0. The SMILES string of the molecule is CC[C@@H](O)C[C@H](O)/C=C/C=C(c1ccccc1)c1ccccc1. The molecule has 0 radical (unpaired) electrons. The van der Waals surface area contributed by atoms with Crippen molar-refractivity contribution in [2.45, 2.75) is 32.0 Å². The van der Waals surface area contributed by atoms with Gasteiger partial charge in [0.2, 0.25) is 0 Å². The van der Waals surface area contributed by atoms with Crippen LogP contribution in [0.3, 0.4) is 0 Å². The smallest absolute Gasteiger partial charge is 0.0748 e. The second-order valence-electron chi connectivity index (χ2n) is 5.56. The number of aliphatic hydroxyl groups excluding tert-OH is 2. The molecule has 2 nitrogen and oxygen atoms in total. The lowest BCUT2D eigenvalue weighted by molar-refractivity contribution is 0.101. The normalized spacial score (nSPS) is 13.7. The van der Waals surface area contributed by atoms with Crippen LogP contribution in [-0.4, -0.2) is 22.4 Å². The van der Waals surface area contributed by atoms with Crippen LogP contribution >= 0.6 is 0 Å². The Morgan fingerprint density at radius 1 is 0.913 bits per heavy atom. The van der Waals surface area contributed by atoms with Gasteiger partial charge < -0.3 is 10.2 Å². The largest absolute Gasteiger partial charge is 0.393 e. The van der Waals surface area contributed by atoms with Gasteiger partial charge in [0.05, 0.1) is 12.2 Å². The van der Waals surface area contributed by atoms with Crippen molar-refractivity contribution in [2.24, 2.45) is 0 Å². The molecule has 0 spiro atoms. The Labute approximate surface area is 138 Å². The van der Waals surface area contributed by atoms with Crippen LogP contribution in [-0.2, 0) is 0 Å². The predicted molar refractivity (Wildman–Crippen MR) is 96.0 cm³/mol.